The van der Waals surface area contributed by atoms with E-state index in [9.17, 15) is 4.79 Å². The summed E-state index contributed by atoms with van der Waals surface area (Å²) in [6.07, 6.45) is 2.37. The Bertz CT molecular complexity index is 321. The second kappa shape index (κ2) is 3.89. The third-order valence-electron chi connectivity index (χ3n) is 4.13. The molecule has 1 amide bonds. The van der Waals surface area contributed by atoms with E-state index in [-0.39, 0.29) is 11.7 Å². The van der Waals surface area contributed by atoms with Gasteiger partial charge in [0.1, 0.15) is 5.60 Å². The van der Waals surface area contributed by atoms with Crippen LogP contribution in [0.25, 0.3) is 0 Å². The van der Waals surface area contributed by atoms with Gasteiger partial charge in [-0.2, -0.15) is 0 Å². The molecule has 1 saturated heterocycles. The Hall–Kier alpha value is -0.730. The van der Waals surface area contributed by atoms with E-state index in [1.165, 1.54) is 12.8 Å². The minimum Gasteiger partial charge on any atom is -0.444 e. The van der Waals surface area contributed by atoms with Crippen molar-refractivity contribution in [2.75, 3.05) is 13.1 Å². The van der Waals surface area contributed by atoms with Gasteiger partial charge in [0.15, 0.2) is 0 Å². The molecule has 1 saturated carbocycles. The summed E-state index contributed by atoms with van der Waals surface area (Å²) in [7, 11) is 0. The fourth-order valence-electron chi connectivity index (χ4n) is 3.54. The number of fused-ring (bicyclic) bond motifs is 1. The van der Waals surface area contributed by atoms with Crippen LogP contribution in [0.15, 0.2) is 0 Å². The standard InChI is InChI=1S/C14H25NO2/c1-10-6-11-8-15(9-14(11,5)7-10)12(16)17-13(2,3)4/h10-11H,6-9H2,1-5H3/t10-,11-,14+/m1/s1. The highest BCUT2D eigenvalue weighted by Gasteiger charge is 2.50. The van der Waals surface area contributed by atoms with Crippen molar-refractivity contribution in [3.8, 4) is 0 Å². The molecule has 98 valence electrons. The van der Waals surface area contributed by atoms with Crippen molar-refractivity contribution in [3.63, 3.8) is 0 Å². The lowest BCUT2D eigenvalue weighted by Gasteiger charge is -2.26. The molecule has 1 heterocycles. The molecule has 3 atom stereocenters. The van der Waals surface area contributed by atoms with E-state index in [0.29, 0.717) is 11.3 Å². The summed E-state index contributed by atoms with van der Waals surface area (Å²) in [4.78, 5) is 13.9. The number of nitrogens with zero attached hydrogens (tertiary/aromatic N) is 1. The second-order valence-electron chi connectivity index (χ2n) is 7.26. The summed E-state index contributed by atoms with van der Waals surface area (Å²) in [5.74, 6) is 1.48. The summed E-state index contributed by atoms with van der Waals surface area (Å²) < 4.78 is 5.45. The van der Waals surface area contributed by atoms with Gasteiger partial charge in [0, 0.05) is 13.1 Å². The third kappa shape index (κ3) is 2.58. The molecule has 0 N–H and O–H groups in total. The van der Waals surface area contributed by atoms with Crippen molar-refractivity contribution < 1.29 is 9.53 Å². The normalized spacial score (nSPS) is 37.1. The fraction of sp³-hybridized carbons (Fsp3) is 0.929. The third-order valence-corrected chi connectivity index (χ3v) is 4.13. The van der Waals surface area contributed by atoms with E-state index in [1.54, 1.807) is 0 Å². The van der Waals surface area contributed by atoms with Crippen LogP contribution in [0.5, 0.6) is 0 Å². The fourth-order valence-corrected chi connectivity index (χ4v) is 3.54. The Morgan fingerprint density at radius 3 is 2.59 bits per heavy atom. The van der Waals surface area contributed by atoms with Crippen LogP contribution in [-0.4, -0.2) is 29.7 Å². The molecular formula is C14H25NO2. The van der Waals surface area contributed by atoms with E-state index in [1.807, 2.05) is 25.7 Å². The van der Waals surface area contributed by atoms with Crippen molar-refractivity contribution in [1.29, 1.82) is 0 Å². The van der Waals surface area contributed by atoms with Gasteiger partial charge >= 0.3 is 6.09 Å². The van der Waals surface area contributed by atoms with Crippen molar-refractivity contribution in [1.82, 2.24) is 4.90 Å². The number of carbonyl (C=O) groups excluding carboxylic acids is 1. The number of hydrogen-bond donors (Lipinski definition) is 0. The van der Waals surface area contributed by atoms with Crippen LogP contribution in [0.3, 0.4) is 0 Å². The average Bonchev–Trinajstić information content (AvgIpc) is 2.51. The minimum atomic E-state index is -0.386. The Kier molecular flexibility index (Phi) is 2.91. The van der Waals surface area contributed by atoms with Crippen molar-refractivity contribution in [3.05, 3.63) is 0 Å². The number of rotatable bonds is 0. The van der Waals surface area contributed by atoms with Crippen LogP contribution in [-0.2, 0) is 4.74 Å². The van der Waals surface area contributed by atoms with Crippen LogP contribution in [0, 0.1) is 17.3 Å². The molecule has 1 aliphatic carbocycles. The molecule has 1 aliphatic heterocycles. The molecule has 17 heavy (non-hydrogen) atoms. The lowest BCUT2D eigenvalue weighted by Crippen LogP contribution is -2.36. The lowest BCUT2D eigenvalue weighted by atomic mass is 9.83. The van der Waals surface area contributed by atoms with Gasteiger partial charge in [-0.3, -0.25) is 0 Å². The summed E-state index contributed by atoms with van der Waals surface area (Å²) in [5.41, 5.74) is -0.0562. The van der Waals surface area contributed by atoms with Crippen LogP contribution in [0.4, 0.5) is 4.79 Å². The second-order valence-corrected chi connectivity index (χ2v) is 7.26. The van der Waals surface area contributed by atoms with Crippen molar-refractivity contribution in [2.45, 2.75) is 53.1 Å². The first-order valence-electron chi connectivity index (χ1n) is 6.67. The van der Waals surface area contributed by atoms with E-state index in [4.69, 9.17) is 4.74 Å². The first kappa shape index (κ1) is 12.7. The molecule has 2 fully saturated rings. The van der Waals surface area contributed by atoms with Crippen LogP contribution >= 0.6 is 0 Å². The van der Waals surface area contributed by atoms with Crippen molar-refractivity contribution >= 4 is 6.09 Å². The minimum absolute atomic E-state index is 0.138. The number of amides is 1. The summed E-state index contributed by atoms with van der Waals surface area (Å²) in [6, 6.07) is 0. The van der Waals surface area contributed by atoms with E-state index < -0.39 is 0 Å². The van der Waals surface area contributed by atoms with Gasteiger partial charge in [-0.05, 0) is 50.9 Å². The maximum atomic E-state index is 12.0. The average molecular weight is 239 g/mol. The molecule has 2 aliphatic rings. The molecule has 0 radical (unpaired) electrons. The number of ether oxygens (including phenoxy) is 1. The smallest absolute Gasteiger partial charge is 0.410 e. The van der Waals surface area contributed by atoms with Crippen molar-refractivity contribution in [2.24, 2.45) is 17.3 Å². The van der Waals surface area contributed by atoms with Gasteiger partial charge in [0.25, 0.3) is 0 Å². The Morgan fingerprint density at radius 1 is 1.41 bits per heavy atom. The maximum absolute atomic E-state index is 12.0. The van der Waals surface area contributed by atoms with Crippen LogP contribution in [0.2, 0.25) is 0 Å². The first-order valence-corrected chi connectivity index (χ1v) is 6.67. The first-order chi connectivity index (χ1) is 7.70. The Morgan fingerprint density at radius 2 is 2.06 bits per heavy atom. The number of hydrogen-bond acceptors (Lipinski definition) is 2. The summed E-state index contributed by atoms with van der Waals surface area (Å²) >= 11 is 0. The van der Waals surface area contributed by atoms with Crippen LogP contribution < -0.4 is 0 Å². The van der Waals surface area contributed by atoms with Gasteiger partial charge < -0.3 is 9.64 Å². The van der Waals surface area contributed by atoms with E-state index in [0.717, 1.165) is 19.0 Å². The Balaban J connectivity index is 1.98. The zero-order valence-electron chi connectivity index (χ0n) is 11.7. The highest BCUT2D eigenvalue weighted by molar-refractivity contribution is 5.68. The lowest BCUT2D eigenvalue weighted by molar-refractivity contribution is 0.0267. The zero-order chi connectivity index (χ0) is 12.8. The highest BCUT2D eigenvalue weighted by atomic mass is 16.6. The summed E-state index contributed by atoms with van der Waals surface area (Å²) in [5, 5.41) is 0. The molecule has 0 aromatic heterocycles. The zero-order valence-corrected chi connectivity index (χ0v) is 11.7. The molecule has 0 spiro atoms. The molecule has 0 unspecified atom stereocenters. The van der Waals surface area contributed by atoms with E-state index >= 15 is 0 Å². The molecular weight excluding hydrogens is 214 g/mol. The number of likely N-dealkylation sites (tertiary alicyclic amines) is 1. The molecule has 0 aromatic carbocycles. The molecule has 0 bridgehead atoms. The van der Waals surface area contributed by atoms with E-state index in [2.05, 4.69) is 13.8 Å². The van der Waals surface area contributed by atoms with Gasteiger partial charge in [0.05, 0.1) is 0 Å². The maximum Gasteiger partial charge on any atom is 0.410 e. The van der Waals surface area contributed by atoms with Crippen LogP contribution in [0.1, 0.15) is 47.5 Å². The van der Waals surface area contributed by atoms with Gasteiger partial charge in [-0.1, -0.05) is 13.8 Å². The Labute approximate surface area is 105 Å². The molecule has 0 aromatic rings. The molecule has 3 nitrogen and oxygen atoms in total. The quantitative estimate of drug-likeness (QED) is 0.649. The molecule has 3 heteroatoms. The number of carbonyl (C=O) groups is 1. The highest BCUT2D eigenvalue weighted by Crippen LogP contribution is 2.50. The van der Waals surface area contributed by atoms with Gasteiger partial charge in [0.2, 0.25) is 0 Å². The van der Waals surface area contributed by atoms with Gasteiger partial charge in [-0.25, -0.2) is 4.79 Å². The predicted octanol–water partition coefficient (Wildman–Crippen LogP) is 3.29. The topological polar surface area (TPSA) is 29.5 Å². The summed E-state index contributed by atoms with van der Waals surface area (Å²) in [6.45, 7) is 12.2. The van der Waals surface area contributed by atoms with Gasteiger partial charge in [-0.15, -0.1) is 0 Å². The monoisotopic (exact) mass is 239 g/mol. The predicted molar refractivity (Wildman–Crippen MR) is 67.8 cm³/mol. The molecule has 2 rings (SSSR count). The largest absolute Gasteiger partial charge is 0.444 e. The SMILES string of the molecule is C[C@@H]1C[C@@H]2CN(C(=O)OC(C)(C)C)C[C@]2(C)C1.